The summed E-state index contributed by atoms with van der Waals surface area (Å²) in [7, 11) is 0. The molecule has 4 N–H and O–H groups in total. The van der Waals surface area contributed by atoms with Crippen LogP contribution in [-0.2, 0) is 0 Å². The average Bonchev–Trinajstić information content (AvgIpc) is 3.09. The number of carboxylic acid groups (broad SMARTS) is 2. The van der Waals surface area contributed by atoms with Crippen LogP contribution < -0.4 is 18.9 Å². The number of aliphatic imine (C=N–C) groups is 2. The molecule has 0 aliphatic rings. The fraction of sp³-hybridized carbons (Fsp3) is 0.190. The molecule has 0 unspecified atom stereocenters. The Balaban J connectivity index is 1.85. The number of ether oxygens (including phenoxy) is 4. The van der Waals surface area contributed by atoms with Crippen LogP contribution in [0.5, 0.6) is 34.5 Å². The van der Waals surface area contributed by atoms with Crippen LogP contribution in [0.4, 0.5) is 11.4 Å². The summed E-state index contributed by atoms with van der Waals surface area (Å²) in [5.74, 6) is -5.45. The van der Waals surface area contributed by atoms with E-state index >= 15 is 0 Å². The van der Waals surface area contributed by atoms with Crippen molar-refractivity contribution >= 4 is 35.1 Å². The second-order valence-corrected chi connectivity index (χ2v) is 13.9. The van der Waals surface area contributed by atoms with Crippen LogP contribution in [0.3, 0.4) is 0 Å². The van der Waals surface area contributed by atoms with Gasteiger partial charge in [-0.2, -0.15) is 0 Å². The van der Waals surface area contributed by atoms with Crippen molar-refractivity contribution in [1.29, 1.82) is 0 Å². The van der Waals surface area contributed by atoms with Crippen LogP contribution in [0.25, 0.3) is 0 Å². The molecule has 0 amide bonds. The molecule has 5 aromatic rings. The van der Waals surface area contributed by atoms with Crippen molar-refractivity contribution in [3.63, 3.8) is 0 Å². The van der Waals surface area contributed by atoms with Crippen molar-refractivity contribution in [2.45, 2.75) is 52.7 Å². The second kappa shape index (κ2) is 15.8. The van der Waals surface area contributed by atoms with E-state index < -0.39 is 68.7 Å². The van der Waals surface area contributed by atoms with Crippen molar-refractivity contribution < 1.29 is 49.0 Å². The maximum absolute atomic E-state index is 13.3. The molecule has 5 rings (SSSR count). The molecule has 0 heterocycles. The largest absolute Gasteiger partial charge is 0.493 e. The van der Waals surface area contributed by atoms with Gasteiger partial charge in [0.15, 0.2) is 11.5 Å². The van der Waals surface area contributed by atoms with Gasteiger partial charge in [0.25, 0.3) is 0 Å². The monoisotopic (exact) mass is 732 g/mol. The van der Waals surface area contributed by atoms with E-state index in [-0.39, 0.29) is 22.9 Å². The predicted molar refractivity (Wildman–Crippen MR) is 205 cm³/mol. The molecular formula is C42H40N2O10. The highest BCUT2D eigenvalue weighted by atomic mass is 16.5. The summed E-state index contributed by atoms with van der Waals surface area (Å²) in [4.78, 5) is 35.1. The molecule has 0 saturated heterocycles. The molecule has 0 fully saturated rings. The minimum Gasteiger partial charge on any atom is -0.493 e. The van der Waals surface area contributed by atoms with E-state index in [9.17, 15) is 30.0 Å². The van der Waals surface area contributed by atoms with Crippen LogP contribution >= 0.6 is 0 Å². The van der Waals surface area contributed by atoms with E-state index in [0.717, 1.165) is 0 Å². The Morgan fingerprint density at radius 2 is 0.741 bits per heavy atom. The van der Waals surface area contributed by atoms with Gasteiger partial charge in [0.1, 0.15) is 45.3 Å². The van der Waals surface area contributed by atoms with E-state index in [1.807, 2.05) is 41.5 Å². The minimum atomic E-state index is -1.70. The maximum atomic E-state index is 13.3. The van der Waals surface area contributed by atoms with Gasteiger partial charge in [-0.15, -0.1) is 0 Å². The van der Waals surface area contributed by atoms with E-state index in [4.69, 9.17) is 18.9 Å². The number of aliphatic hydroxyl groups is 2. The highest BCUT2D eigenvalue weighted by molar-refractivity contribution is 6.17. The molecule has 0 saturated carbocycles. The summed E-state index contributed by atoms with van der Waals surface area (Å²) in [6, 6.07) is 28.5. The van der Waals surface area contributed by atoms with Crippen molar-refractivity contribution in [3.05, 3.63) is 131 Å². The fourth-order valence-electron chi connectivity index (χ4n) is 5.20. The van der Waals surface area contributed by atoms with Crippen LogP contribution in [0.15, 0.2) is 119 Å². The Morgan fingerprint density at radius 3 is 1.04 bits per heavy atom. The van der Waals surface area contributed by atoms with Crippen molar-refractivity contribution in [3.8, 4) is 34.5 Å². The zero-order chi connectivity index (χ0) is 39.2. The molecular weight excluding hydrogens is 692 g/mol. The third-order valence-corrected chi connectivity index (χ3v) is 7.20. The molecule has 5 aromatic carbocycles. The highest BCUT2D eigenvalue weighted by Gasteiger charge is 2.38. The summed E-state index contributed by atoms with van der Waals surface area (Å²) >= 11 is 0. The van der Waals surface area contributed by atoms with Gasteiger partial charge in [0.05, 0.1) is 22.5 Å². The number of hydrogen-bond donors (Lipinski definition) is 4. The van der Waals surface area contributed by atoms with Crippen molar-refractivity contribution in [1.82, 2.24) is 0 Å². The number of rotatable bonds is 12. The number of carbonyl (C=O) groups is 2. The second-order valence-electron chi connectivity index (χ2n) is 13.9. The van der Waals surface area contributed by atoms with E-state index in [0.29, 0.717) is 11.5 Å². The lowest BCUT2D eigenvalue weighted by atomic mass is 9.93. The molecule has 54 heavy (non-hydrogen) atoms. The first-order valence-electron chi connectivity index (χ1n) is 16.8. The molecule has 12 nitrogen and oxygen atoms in total. The number of aliphatic hydroxyl groups excluding tert-OH is 2. The number of hydrogen-bond acceptors (Lipinski definition) is 8. The Kier molecular flexibility index (Phi) is 11.3. The van der Waals surface area contributed by atoms with Gasteiger partial charge in [-0.3, -0.25) is 0 Å². The van der Waals surface area contributed by atoms with Gasteiger partial charge in [0, 0.05) is 0 Å². The summed E-state index contributed by atoms with van der Waals surface area (Å²) in [5, 5.41) is 45.1. The molecule has 0 aliphatic carbocycles. The summed E-state index contributed by atoms with van der Waals surface area (Å²) < 4.78 is 24.1. The van der Waals surface area contributed by atoms with Crippen LogP contribution in [0.2, 0.25) is 0 Å². The fourth-order valence-corrected chi connectivity index (χ4v) is 5.20. The van der Waals surface area contributed by atoms with Crippen LogP contribution in [0.1, 0.15) is 73.4 Å². The van der Waals surface area contributed by atoms with Crippen LogP contribution in [0, 0.1) is 0 Å². The maximum Gasteiger partial charge on any atom is 0.340 e. The topological polar surface area (TPSA) is 177 Å². The smallest absolute Gasteiger partial charge is 0.340 e. The third-order valence-electron chi connectivity index (χ3n) is 7.20. The lowest BCUT2D eigenvalue weighted by Crippen LogP contribution is -2.23. The zero-order valence-electron chi connectivity index (χ0n) is 30.5. The van der Waals surface area contributed by atoms with E-state index in [1.165, 1.54) is 24.3 Å². The summed E-state index contributed by atoms with van der Waals surface area (Å²) in [5.41, 5.74) is -3.44. The van der Waals surface area contributed by atoms with Gasteiger partial charge < -0.3 is 39.4 Å². The van der Waals surface area contributed by atoms with Crippen LogP contribution in [-0.4, -0.2) is 55.4 Å². The Hall–Kier alpha value is -6.82. The molecule has 0 spiro atoms. The minimum absolute atomic E-state index is 0.0141. The quantitative estimate of drug-likeness (QED) is 0.0713. The standard InChI is InChI=1S/C42H40N2O10/c1-41(2,3)53-29-21-17-27(18-22-29)51-35-31(37(45)43-25-13-9-7-10-14-25)33(39(47)48)36(52-28-19-23-30(24-20-28)54-42(4,5)6)34(40(49)50)32(35)38(46)44-26-15-11-8-12-16-26/h7-24H,1-6H3,(H,43,45)(H,44,46)(H,47,48)(H,49,50). The first-order chi connectivity index (χ1) is 25.5. The Labute approximate surface area is 312 Å². The number of benzene rings is 5. The lowest BCUT2D eigenvalue weighted by molar-refractivity contribution is 0.0690. The average molecular weight is 733 g/mol. The highest BCUT2D eigenvalue weighted by Crippen LogP contribution is 2.44. The molecule has 0 atom stereocenters. The van der Waals surface area contributed by atoms with Gasteiger partial charge in [-0.05, 0) is 114 Å². The summed E-state index contributed by atoms with van der Waals surface area (Å²) in [6.45, 7) is 11.2. The molecule has 0 aromatic heterocycles. The van der Waals surface area contributed by atoms with Crippen molar-refractivity contribution in [2.24, 2.45) is 9.98 Å². The first kappa shape index (κ1) is 38.4. The van der Waals surface area contributed by atoms with E-state index in [2.05, 4.69) is 9.98 Å². The molecule has 0 bridgehead atoms. The number of carboxylic acids is 2. The Morgan fingerprint density at radius 1 is 0.444 bits per heavy atom. The predicted octanol–water partition coefficient (Wildman–Crippen LogP) is 10.3. The van der Waals surface area contributed by atoms with Gasteiger partial charge in [-0.25, -0.2) is 19.6 Å². The normalized spacial score (nSPS) is 12.2. The summed E-state index contributed by atoms with van der Waals surface area (Å²) in [6.07, 6.45) is 0. The van der Waals surface area contributed by atoms with Gasteiger partial charge in [-0.1, -0.05) is 36.4 Å². The van der Waals surface area contributed by atoms with Crippen molar-refractivity contribution in [2.75, 3.05) is 0 Å². The molecule has 278 valence electrons. The number of para-hydroxylation sites is 2. The number of aromatic carboxylic acids is 2. The molecule has 0 aliphatic heterocycles. The van der Waals surface area contributed by atoms with Gasteiger partial charge in [0.2, 0.25) is 11.8 Å². The van der Waals surface area contributed by atoms with Gasteiger partial charge >= 0.3 is 11.9 Å². The molecule has 0 radical (unpaired) electrons. The zero-order valence-corrected chi connectivity index (χ0v) is 30.5. The lowest BCUT2D eigenvalue weighted by Gasteiger charge is -2.23. The SMILES string of the molecule is CC(C)(C)Oc1ccc(Oc2c(C(=O)O)c(C(O)=Nc3ccccc3)c(Oc3ccc(OC(C)(C)C)cc3)c(C(O)=Nc3ccccc3)c2C(=O)O)cc1. The Bertz CT molecular complexity index is 2090. The van der Waals surface area contributed by atoms with E-state index in [1.54, 1.807) is 84.9 Å². The molecule has 12 heteroatoms. The number of nitrogens with zero attached hydrogens (tertiary/aromatic N) is 2. The first-order valence-corrected chi connectivity index (χ1v) is 16.8. The third kappa shape index (κ3) is 9.73.